The summed E-state index contributed by atoms with van der Waals surface area (Å²) in [5.41, 5.74) is 5.43. The van der Waals surface area contributed by atoms with Crippen LogP contribution in [0.15, 0.2) is 0 Å². The van der Waals surface area contributed by atoms with E-state index >= 15 is 0 Å². The SMILES string of the molecule is CC(C)CNC(=O)N1CCS(=O)(=O)C(CN)C1. The van der Waals surface area contributed by atoms with E-state index in [1.165, 1.54) is 4.90 Å². The Balaban J connectivity index is 2.55. The zero-order valence-corrected chi connectivity index (χ0v) is 11.2. The summed E-state index contributed by atoms with van der Waals surface area (Å²) in [5, 5.41) is 2.15. The highest BCUT2D eigenvalue weighted by Gasteiger charge is 2.33. The molecule has 1 unspecified atom stereocenters. The summed E-state index contributed by atoms with van der Waals surface area (Å²) in [5.74, 6) is 0.377. The molecule has 0 spiro atoms. The molecule has 0 aromatic heterocycles. The number of urea groups is 1. The fraction of sp³-hybridized carbons (Fsp3) is 0.900. The van der Waals surface area contributed by atoms with Crippen LogP contribution >= 0.6 is 0 Å². The summed E-state index contributed by atoms with van der Waals surface area (Å²) in [4.78, 5) is 13.3. The second kappa shape index (κ2) is 5.68. The summed E-state index contributed by atoms with van der Waals surface area (Å²) in [6.07, 6.45) is 0. The number of carbonyl (C=O) groups excluding carboxylic acids is 1. The number of nitrogens with one attached hydrogen (secondary N) is 1. The van der Waals surface area contributed by atoms with Gasteiger partial charge in [0.2, 0.25) is 0 Å². The van der Waals surface area contributed by atoms with Crippen molar-refractivity contribution >= 4 is 15.9 Å². The van der Waals surface area contributed by atoms with Crippen LogP contribution in [-0.2, 0) is 9.84 Å². The topological polar surface area (TPSA) is 92.5 Å². The Bertz CT molecular complexity index is 367. The molecule has 7 heteroatoms. The van der Waals surface area contributed by atoms with Crippen LogP contribution < -0.4 is 11.1 Å². The van der Waals surface area contributed by atoms with Gasteiger partial charge in [-0.15, -0.1) is 0 Å². The lowest BCUT2D eigenvalue weighted by atomic mass is 10.2. The van der Waals surface area contributed by atoms with Gasteiger partial charge in [-0.25, -0.2) is 13.2 Å². The minimum Gasteiger partial charge on any atom is -0.338 e. The molecule has 0 aliphatic carbocycles. The van der Waals surface area contributed by atoms with Gasteiger partial charge in [0.1, 0.15) is 0 Å². The number of amides is 2. The summed E-state index contributed by atoms with van der Waals surface area (Å²) < 4.78 is 23.2. The van der Waals surface area contributed by atoms with Crippen molar-refractivity contribution in [3.05, 3.63) is 0 Å². The van der Waals surface area contributed by atoms with Crippen LogP contribution in [0.25, 0.3) is 0 Å². The molecule has 1 rings (SSSR count). The predicted molar refractivity (Wildman–Crippen MR) is 66.4 cm³/mol. The first-order valence-corrected chi connectivity index (χ1v) is 7.52. The first kappa shape index (κ1) is 14.2. The molecule has 0 radical (unpaired) electrons. The van der Waals surface area contributed by atoms with Gasteiger partial charge in [-0.3, -0.25) is 0 Å². The number of rotatable bonds is 3. The van der Waals surface area contributed by atoms with E-state index in [0.29, 0.717) is 12.5 Å². The molecular weight excluding hydrogens is 242 g/mol. The van der Waals surface area contributed by atoms with Gasteiger partial charge in [-0.05, 0) is 5.92 Å². The van der Waals surface area contributed by atoms with Crippen molar-refractivity contribution in [2.45, 2.75) is 19.1 Å². The molecule has 1 fully saturated rings. The molecule has 1 aliphatic heterocycles. The van der Waals surface area contributed by atoms with Gasteiger partial charge in [0.05, 0.1) is 11.0 Å². The standard InChI is InChI=1S/C10H21N3O3S/c1-8(2)6-12-10(14)13-3-4-17(15,16)9(5-11)7-13/h8-9H,3-7,11H2,1-2H3,(H,12,14). The molecule has 3 N–H and O–H groups in total. The summed E-state index contributed by atoms with van der Waals surface area (Å²) in [6, 6.07) is -0.202. The number of hydrogen-bond donors (Lipinski definition) is 2. The molecule has 1 atom stereocenters. The minimum atomic E-state index is -3.12. The average molecular weight is 263 g/mol. The molecule has 0 aromatic carbocycles. The Morgan fingerprint density at radius 2 is 2.18 bits per heavy atom. The van der Waals surface area contributed by atoms with E-state index in [1.807, 2.05) is 13.8 Å². The minimum absolute atomic E-state index is 0.00393. The Labute approximate surface area is 102 Å². The van der Waals surface area contributed by atoms with E-state index in [0.717, 1.165) is 0 Å². The van der Waals surface area contributed by atoms with Gasteiger partial charge in [0, 0.05) is 26.2 Å². The van der Waals surface area contributed by atoms with E-state index in [4.69, 9.17) is 5.73 Å². The predicted octanol–water partition coefficient (Wildman–Crippen LogP) is -0.590. The molecule has 0 bridgehead atoms. The Morgan fingerprint density at radius 1 is 1.53 bits per heavy atom. The molecule has 1 aliphatic rings. The van der Waals surface area contributed by atoms with Crippen molar-refractivity contribution in [1.29, 1.82) is 0 Å². The fourth-order valence-corrected chi connectivity index (χ4v) is 3.17. The van der Waals surface area contributed by atoms with Crippen molar-refractivity contribution in [2.24, 2.45) is 11.7 Å². The highest BCUT2D eigenvalue weighted by atomic mass is 32.2. The highest BCUT2D eigenvalue weighted by Crippen LogP contribution is 2.11. The first-order chi connectivity index (χ1) is 7.86. The van der Waals surface area contributed by atoms with Crippen molar-refractivity contribution in [1.82, 2.24) is 10.2 Å². The normalized spacial score (nSPS) is 23.8. The lowest BCUT2D eigenvalue weighted by molar-refractivity contribution is 0.197. The van der Waals surface area contributed by atoms with Crippen LogP contribution in [0.3, 0.4) is 0 Å². The van der Waals surface area contributed by atoms with E-state index < -0.39 is 15.1 Å². The van der Waals surface area contributed by atoms with Gasteiger partial charge < -0.3 is 16.0 Å². The van der Waals surface area contributed by atoms with Gasteiger partial charge in [-0.2, -0.15) is 0 Å². The molecular formula is C10H21N3O3S. The van der Waals surface area contributed by atoms with Crippen molar-refractivity contribution < 1.29 is 13.2 Å². The second-order valence-corrected chi connectivity index (χ2v) is 7.15. The molecule has 0 saturated carbocycles. The molecule has 2 amide bonds. The van der Waals surface area contributed by atoms with E-state index in [1.54, 1.807) is 0 Å². The Kier molecular flexibility index (Phi) is 4.76. The lowest BCUT2D eigenvalue weighted by Crippen LogP contribution is -2.54. The zero-order chi connectivity index (χ0) is 13.1. The van der Waals surface area contributed by atoms with Crippen molar-refractivity contribution in [3.8, 4) is 0 Å². The fourth-order valence-electron chi connectivity index (χ4n) is 1.66. The third-order valence-corrected chi connectivity index (χ3v) is 4.90. The third kappa shape index (κ3) is 3.85. The van der Waals surface area contributed by atoms with Crippen LogP contribution in [-0.4, -0.2) is 56.5 Å². The van der Waals surface area contributed by atoms with Crippen molar-refractivity contribution in [2.75, 3.05) is 31.9 Å². The van der Waals surface area contributed by atoms with E-state index in [-0.39, 0.29) is 31.4 Å². The second-order valence-electron chi connectivity index (χ2n) is 4.75. The van der Waals surface area contributed by atoms with E-state index in [9.17, 15) is 13.2 Å². The molecule has 6 nitrogen and oxygen atoms in total. The van der Waals surface area contributed by atoms with Crippen LogP contribution in [0.2, 0.25) is 0 Å². The van der Waals surface area contributed by atoms with Gasteiger partial charge >= 0.3 is 6.03 Å². The summed E-state index contributed by atoms with van der Waals surface area (Å²) in [6.45, 7) is 5.12. The quantitative estimate of drug-likeness (QED) is 0.712. The maximum atomic E-state index is 11.8. The van der Waals surface area contributed by atoms with Gasteiger partial charge in [-0.1, -0.05) is 13.8 Å². The van der Waals surface area contributed by atoms with Crippen LogP contribution in [0, 0.1) is 5.92 Å². The van der Waals surface area contributed by atoms with Gasteiger partial charge in [0.15, 0.2) is 9.84 Å². The zero-order valence-electron chi connectivity index (χ0n) is 10.3. The molecule has 0 aromatic rings. The molecule has 17 heavy (non-hydrogen) atoms. The summed E-state index contributed by atoms with van der Waals surface area (Å²) >= 11 is 0. The highest BCUT2D eigenvalue weighted by molar-refractivity contribution is 7.92. The van der Waals surface area contributed by atoms with Gasteiger partial charge in [0.25, 0.3) is 0 Å². The third-order valence-electron chi connectivity index (χ3n) is 2.79. The monoisotopic (exact) mass is 263 g/mol. The van der Waals surface area contributed by atoms with Crippen LogP contribution in [0.1, 0.15) is 13.8 Å². The number of nitrogens with two attached hydrogens (primary N) is 1. The van der Waals surface area contributed by atoms with Crippen LogP contribution in [0.4, 0.5) is 4.79 Å². The average Bonchev–Trinajstić information content (AvgIpc) is 2.25. The lowest BCUT2D eigenvalue weighted by Gasteiger charge is -2.32. The number of carbonyl (C=O) groups is 1. The maximum absolute atomic E-state index is 11.8. The van der Waals surface area contributed by atoms with Crippen molar-refractivity contribution in [3.63, 3.8) is 0 Å². The number of hydrogen-bond acceptors (Lipinski definition) is 4. The Hall–Kier alpha value is -0.820. The van der Waals surface area contributed by atoms with E-state index in [2.05, 4.69) is 5.32 Å². The maximum Gasteiger partial charge on any atom is 0.317 e. The smallest absolute Gasteiger partial charge is 0.317 e. The molecule has 1 saturated heterocycles. The van der Waals surface area contributed by atoms with Crippen LogP contribution in [0.5, 0.6) is 0 Å². The number of nitrogens with zero attached hydrogens (tertiary/aromatic N) is 1. The summed E-state index contributed by atoms with van der Waals surface area (Å²) in [7, 11) is -3.12. The molecule has 100 valence electrons. The Morgan fingerprint density at radius 3 is 2.71 bits per heavy atom. The number of sulfone groups is 1. The molecule has 1 heterocycles. The first-order valence-electron chi connectivity index (χ1n) is 5.81. The largest absolute Gasteiger partial charge is 0.338 e.